The lowest BCUT2D eigenvalue weighted by molar-refractivity contribution is -0.125. The lowest BCUT2D eigenvalue weighted by Gasteiger charge is -2.29. The number of aliphatic hydroxyl groups is 1. The van der Waals surface area contributed by atoms with E-state index in [1.54, 1.807) is 11.6 Å². The van der Waals surface area contributed by atoms with Crippen molar-refractivity contribution in [3.63, 3.8) is 0 Å². The van der Waals surface area contributed by atoms with Crippen molar-refractivity contribution in [3.8, 4) is 23.0 Å². The van der Waals surface area contributed by atoms with Crippen LogP contribution in [0.2, 0.25) is 0 Å². The molecule has 0 aliphatic heterocycles. The molecule has 0 saturated heterocycles. The van der Waals surface area contributed by atoms with E-state index in [0.29, 0.717) is 64.9 Å². The van der Waals surface area contributed by atoms with Crippen molar-refractivity contribution in [2.45, 2.75) is 44.8 Å². The average molecular weight is 511 g/mol. The van der Waals surface area contributed by atoms with Crippen LogP contribution in [0, 0.1) is 6.92 Å². The zero-order valence-corrected chi connectivity index (χ0v) is 20.7. The number of carbonyl (C=O) groups excluding carboxylic acids is 1. The van der Waals surface area contributed by atoms with Gasteiger partial charge in [0.05, 0.1) is 24.4 Å². The fraction of sp³-hybridized carbons (Fsp3) is 0.333. The van der Waals surface area contributed by atoms with Gasteiger partial charge in [0, 0.05) is 30.4 Å². The molecule has 1 saturated carbocycles. The molecule has 1 aliphatic rings. The number of benzene rings is 1. The maximum absolute atomic E-state index is 11.6. The number of thiazole rings is 1. The largest absolute Gasteiger partial charge is 0.496 e. The fourth-order valence-corrected chi connectivity index (χ4v) is 5.95. The Morgan fingerprint density at radius 2 is 2.06 bits per heavy atom. The average Bonchev–Trinajstić information content (AvgIpc) is 3.61. The van der Waals surface area contributed by atoms with Crippen LogP contribution in [0.15, 0.2) is 34.2 Å². The predicted molar refractivity (Wildman–Crippen MR) is 131 cm³/mol. The highest BCUT2D eigenvalue weighted by Crippen LogP contribution is 2.39. The number of furan rings is 1. The molecule has 4 heterocycles. The van der Waals surface area contributed by atoms with Gasteiger partial charge in [0.25, 0.3) is 0 Å². The van der Waals surface area contributed by atoms with Crippen LogP contribution in [0.4, 0.5) is 0 Å². The summed E-state index contributed by atoms with van der Waals surface area (Å²) in [7, 11) is 1.59. The molecule has 0 bridgehead atoms. The number of aryl methyl sites for hydroxylation is 1. The number of hydrogen-bond donors (Lipinski definition) is 1. The highest BCUT2D eigenvalue weighted by Gasteiger charge is 2.36. The summed E-state index contributed by atoms with van der Waals surface area (Å²) >= 11 is 2.91. The summed E-state index contributed by atoms with van der Waals surface area (Å²) in [6.45, 7) is 2.16. The van der Waals surface area contributed by atoms with Gasteiger partial charge in [-0.3, -0.25) is 4.79 Å². The van der Waals surface area contributed by atoms with Gasteiger partial charge in [0.2, 0.25) is 4.96 Å². The van der Waals surface area contributed by atoms with Crippen LogP contribution in [0.5, 0.6) is 11.5 Å². The van der Waals surface area contributed by atoms with Crippen molar-refractivity contribution in [2.75, 3.05) is 7.11 Å². The van der Waals surface area contributed by atoms with Crippen LogP contribution < -0.4 is 9.47 Å². The minimum absolute atomic E-state index is 0.193. The van der Waals surface area contributed by atoms with Gasteiger partial charge in [-0.2, -0.15) is 5.10 Å². The van der Waals surface area contributed by atoms with Crippen LogP contribution in [0.25, 0.3) is 27.4 Å². The van der Waals surface area contributed by atoms with E-state index < -0.39 is 5.60 Å². The Bertz CT molecular complexity index is 1520. The van der Waals surface area contributed by atoms with Gasteiger partial charge in [-0.15, -0.1) is 11.3 Å². The number of aromatic nitrogens is 4. The van der Waals surface area contributed by atoms with Crippen molar-refractivity contribution in [2.24, 2.45) is 0 Å². The van der Waals surface area contributed by atoms with Crippen LogP contribution in [0.1, 0.15) is 41.4 Å². The number of ketones is 1. The monoisotopic (exact) mass is 510 g/mol. The van der Waals surface area contributed by atoms with Crippen molar-refractivity contribution >= 4 is 44.4 Å². The van der Waals surface area contributed by atoms with E-state index in [1.165, 1.54) is 22.7 Å². The standard InChI is InChI=1S/C24H22N4O5S2/c1-13-27-28-10-18(26-23(28)35-13)21-9-17-19(7-16(31-2)8-20(17)33-21)32-11-14-12-34-22(25-14)24(30)5-3-15(29)4-6-24/h7-10,12,30H,3-6,11H2,1-2H3. The number of nitrogens with zero attached hydrogens (tertiary/aromatic N) is 4. The minimum atomic E-state index is -1.04. The molecular weight excluding hydrogens is 488 g/mol. The van der Waals surface area contributed by atoms with Gasteiger partial charge in [-0.25, -0.2) is 14.5 Å². The van der Waals surface area contributed by atoms with E-state index in [4.69, 9.17) is 13.9 Å². The van der Waals surface area contributed by atoms with Gasteiger partial charge in [-0.1, -0.05) is 11.3 Å². The Labute approximate surface area is 208 Å². The predicted octanol–water partition coefficient (Wildman–Crippen LogP) is 4.89. The summed E-state index contributed by atoms with van der Waals surface area (Å²) in [6, 6.07) is 5.52. The highest BCUT2D eigenvalue weighted by atomic mass is 32.1. The molecule has 0 spiro atoms. The summed E-state index contributed by atoms with van der Waals surface area (Å²) in [5.41, 5.74) is 0.986. The first-order chi connectivity index (χ1) is 16.9. The molecule has 1 aromatic carbocycles. The quantitative estimate of drug-likeness (QED) is 0.344. The Kier molecular flexibility index (Phi) is 5.35. The molecule has 1 fully saturated rings. The Balaban J connectivity index is 1.27. The Morgan fingerprint density at radius 1 is 1.23 bits per heavy atom. The third-order valence-electron chi connectivity index (χ3n) is 6.17. The molecule has 11 heteroatoms. The van der Waals surface area contributed by atoms with Crippen LogP contribution in [0.3, 0.4) is 0 Å². The van der Waals surface area contributed by atoms with Crippen molar-refractivity contribution in [1.82, 2.24) is 19.6 Å². The Hall–Kier alpha value is -3.28. The van der Waals surface area contributed by atoms with Crippen molar-refractivity contribution in [3.05, 3.63) is 45.5 Å². The molecule has 9 nitrogen and oxygen atoms in total. The van der Waals surface area contributed by atoms with E-state index in [-0.39, 0.29) is 12.4 Å². The fourth-order valence-electron chi connectivity index (χ4n) is 4.26. The molecular formula is C24H22N4O5S2. The number of methoxy groups -OCH3 is 1. The van der Waals surface area contributed by atoms with Gasteiger partial charge in [0.15, 0.2) is 5.76 Å². The number of fused-ring (bicyclic) bond motifs is 2. The van der Waals surface area contributed by atoms with Crippen molar-refractivity contribution in [1.29, 1.82) is 0 Å². The minimum Gasteiger partial charge on any atom is -0.496 e. The summed E-state index contributed by atoms with van der Waals surface area (Å²) < 4.78 is 19.4. The SMILES string of the molecule is COc1cc(OCc2csc(C3(O)CCC(=O)CC3)n2)c2cc(-c3cn4nc(C)sc4n3)oc2c1. The molecule has 1 N–H and O–H groups in total. The molecule has 6 rings (SSSR count). The second kappa shape index (κ2) is 8.43. The molecule has 5 aromatic rings. The molecule has 0 unspecified atom stereocenters. The van der Waals surface area contributed by atoms with E-state index in [0.717, 1.165) is 15.4 Å². The first kappa shape index (κ1) is 22.2. The first-order valence-electron chi connectivity index (χ1n) is 11.2. The molecule has 4 aromatic heterocycles. The number of imidazole rings is 1. The topological polar surface area (TPSA) is 112 Å². The smallest absolute Gasteiger partial charge is 0.212 e. The molecule has 0 atom stereocenters. The van der Waals surface area contributed by atoms with Gasteiger partial charge >= 0.3 is 0 Å². The summed E-state index contributed by atoms with van der Waals surface area (Å²) in [4.78, 5) is 21.6. The second-order valence-electron chi connectivity index (χ2n) is 8.63. The number of ether oxygens (including phenoxy) is 2. The molecule has 0 amide bonds. The van der Waals surface area contributed by atoms with E-state index in [2.05, 4.69) is 15.1 Å². The normalized spacial score (nSPS) is 15.8. The van der Waals surface area contributed by atoms with E-state index >= 15 is 0 Å². The van der Waals surface area contributed by atoms with Gasteiger partial charge in [0.1, 0.15) is 50.8 Å². The van der Waals surface area contributed by atoms with Crippen molar-refractivity contribution < 1.29 is 23.8 Å². The molecule has 35 heavy (non-hydrogen) atoms. The molecule has 1 aliphatic carbocycles. The second-order valence-corrected chi connectivity index (χ2v) is 10.6. The maximum atomic E-state index is 11.6. The van der Waals surface area contributed by atoms with Crippen LogP contribution in [-0.2, 0) is 17.0 Å². The summed E-state index contributed by atoms with van der Waals surface area (Å²) in [6.07, 6.45) is 3.44. The number of Topliss-reactive ketones (excluding diaryl/α,β-unsaturated/α-hetero) is 1. The van der Waals surface area contributed by atoms with E-state index in [1.807, 2.05) is 36.7 Å². The third kappa shape index (κ3) is 4.09. The number of carbonyl (C=O) groups is 1. The maximum Gasteiger partial charge on any atom is 0.212 e. The van der Waals surface area contributed by atoms with Gasteiger partial charge < -0.3 is 19.0 Å². The lowest BCUT2D eigenvalue weighted by atomic mass is 9.85. The number of hydrogen-bond acceptors (Lipinski definition) is 10. The zero-order chi connectivity index (χ0) is 24.2. The molecule has 180 valence electrons. The lowest BCUT2D eigenvalue weighted by Crippen LogP contribution is -2.31. The summed E-state index contributed by atoms with van der Waals surface area (Å²) in [5, 5.41) is 19.6. The van der Waals surface area contributed by atoms with Gasteiger partial charge in [-0.05, 0) is 25.8 Å². The van der Waals surface area contributed by atoms with Crippen LogP contribution >= 0.6 is 22.7 Å². The zero-order valence-electron chi connectivity index (χ0n) is 19.1. The highest BCUT2D eigenvalue weighted by molar-refractivity contribution is 7.16. The van der Waals surface area contributed by atoms with Crippen LogP contribution in [-0.4, -0.2) is 37.6 Å². The first-order valence-corrected chi connectivity index (χ1v) is 12.9. The molecule has 0 radical (unpaired) electrons. The summed E-state index contributed by atoms with van der Waals surface area (Å²) in [5.74, 6) is 2.01. The third-order valence-corrected chi connectivity index (χ3v) is 8.09. The Morgan fingerprint density at radius 3 is 2.83 bits per heavy atom. The number of rotatable bonds is 6. The van der Waals surface area contributed by atoms with E-state index in [9.17, 15) is 9.90 Å².